The minimum atomic E-state index is -4.23. The fraction of sp³-hybridized carbons (Fsp3) is 0.278. The van der Waals surface area contributed by atoms with Gasteiger partial charge in [-0.05, 0) is 60.4 Å². The molecule has 0 aromatic heterocycles. The van der Waals surface area contributed by atoms with E-state index in [2.05, 4.69) is 5.32 Å². The Hall–Kier alpha value is -4.05. The van der Waals surface area contributed by atoms with Gasteiger partial charge in [-0.3, -0.25) is 13.9 Å². The van der Waals surface area contributed by atoms with Crippen molar-refractivity contribution in [2.24, 2.45) is 0 Å². The van der Waals surface area contributed by atoms with Crippen LogP contribution >= 0.6 is 23.2 Å². The van der Waals surface area contributed by atoms with Crippen molar-refractivity contribution in [1.29, 1.82) is 0 Å². The van der Waals surface area contributed by atoms with Crippen molar-refractivity contribution in [3.05, 3.63) is 124 Å². The Morgan fingerprint density at radius 1 is 0.851 bits per heavy atom. The smallest absolute Gasteiger partial charge is 0.264 e. The highest BCUT2D eigenvalue weighted by atomic mass is 35.5. The first-order chi connectivity index (χ1) is 22.7. The number of sulfonamides is 1. The zero-order valence-corrected chi connectivity index (χ0v) is 28.3. The lowest BCUT2D eigenvalue weighted by molar-refractivity contribution is -0.140. The van der Waals surface area contributed by atoms with Gasteiger partial charge in [-0.15, -0.1) is 0 Å². The molecule has 1 aliphatic carbocycles. The summed E-state index contributed by atoms with van der Waals surface area (Å²) in [6.45, 7) is -0.587. The summed E-state index contributed by atoms with van der Waals surface area (Å²) in [5.74, 6) is -0.442. The fourth-order valence-corrected chi connectivity index (χ4v) is 7.52. The fourth-order valence-electron chi connectivity index (χ4n) is 5.77. The van der Waals surface area contributed by atoms with Crippen molar-refractivity contribution in [1.82, 2.24) is 10.2 Å². The molecule has 0 heterocycles. The Morgan fingerprint density at radius 3 is 2.19 bits per heavy atom. The Kier molecular flexibility index (Phi) is 11.4. The van der Waals surface area contributed by atoms with Gasteiger partial charge in [0, 0.05) is 25.1 Å². The van der Waals surface area contributed by atoms with E-state index in [-0.39, 0.29) is 35.5 Å². The highest BCUT2D eigenvalue weighted by Gasteiger charge is 2.35. The van der Waals surface area contributed by atoms with E-state index in [9.17, 15) is 18.0 Å². The van der Waals surface area contributed by atoms with Crippen LogP contribution in [0.5, 0.6) is 5.75 Å². The van der Waals surface area contributed by atoms with Gasteiger partial charge >= 0.3 is 0 Å². The molecular formula is C36H37Cl2N3O5S. The molecule has 0 bridgehead atoms. The van der Waals surface area contributed by atoms with Crippen LogP contribution in [0.2, 0.25) is 10.0 Å². The second-order valence-electron chi connectivity index (χ2n) is 11.5. The minimum absolute atomic E-state index is 0.00874. The van der Waals surface area contributed by atoms with Crippen molar-refractivity contribution in [2.75, 3.05) is 18.0 Å². The molecule has 2 amide bonds. The lowest BCUT2D eigenvalue weighted by Gasteiger charge is -2.34. The number of benzene rings is 4. The number of carbonyl (C=O) groups excluding carboxylic acids is 2. The molecule has 1 atom stereocenters. The standard InChI is InChI=1S/C36H37Cl2N3O5S/c1-46-30-16-10-15-29(23-30)41(47(44,45)31-17-6-3-7-18-31)25-35(42)40(24-27-19-20-32(37)33(38)21-27)34(22-26-11-4-2-5-12-26)36(43)39-28-13-8-9-14-28/h2-7,10-12,15-21,23,28,34H,8-9,13-14,22,24-25H2,1H3,(H,39,43)/t34-/m0/s1. The van der Waals surface area contributed by atoms with Gasteiger partial charge in [-0.2, -0.15) is 0 Å². The van der Waals surface area contributed by atoms with Gasteiger partial charge in [-0.25, -0.2) is 8.42 Å². The summed E-state index contributed by atoms with van der Waals surface area (Å²) in [5, 5.41) is 3.82. The predicted molar refractivity (Wildman–Crippen MR) is 185 cm³/mol. The molecule has 11 heteroatoms. The molecule has 4 aromatic rings. The number of rotatable bonds is 13. The molecule has 0 radical (unpaired) electrons. The van der Waals surface area contributed by atoms with Crippen LogP contribution in [-0.2, 0) is 32.6 Å². The number of anilines is 1. The Labute approximate surface area is 286 Å². The van der Waals surface area contributed by atoms with Crippen LogP contribution < -0.4 is 14.4 Å². The van der Waals surface area contributed by atoms with Gasteiger partial charge in [0.2, 0.25) is 11.8 Å². The summed E-state index contributed by atoms with van der Waals surface area (Å²) in [5.41, 5.74) is 1.73. The van der Waals surface area contributed by atoms with E-state index in [0.717, 1.165) is 35.6 Å². The molecule has 8 nitrogen and oxygen atoms in total. The van der Waals surface area contributed by atoms with Gasteiger partial charge in [0.05, 0.1) is 27.7 Å². The predicted octanol–water partition coefficient (Wildman–Crippen LogP) is 6.90. The second-order valence-corrected chi connectivity index (χ2v) is 14.2. The van der Waals surface area contributed by atoms with Crippen LogP contribution in [0.1, 0.15) is 36.8 Å². The SMILES string of the molecule is COc1cccc(N(CC(=O)N(Cc2ccc(Cl)c(Cl)c2)[C@@H](Cc2ccccc2)C(=O)NC2CCCC2)S(=O)(=O)c2ccccc2)c1. The van der Waals surface area contributed by atoms with Crippen LogP contribution in [0, 0.1) is 0 Å². The maximum absolute atomic E-state index is 14.6. The second kappa shape index (κ2) is 15.7. The summed E-state index contributed by atoms with van der Waals surface area (Å²) in [7, 11) is -2.74. The number of ether oxygens (including phenoxy) is 1. The van der Waals surface area contributed by atoms with Crippen LogP contribution in [-0.4, -0.2) is 50.9 Å². The molecule has 4 aromatic carbocycles. The molecule has 1 fully saturated rings. The summed E-state index contributed by atoms with van der Waals surface area (Å²) in [4.78, 5) is 30.2. The molecule has 5 rings (SSSR count). The van der Waals surface area contributed by atoms with E-state index in [1.165, 1.54) is 24.1 Å². The lowest BCUT2D eigenvalue weighted by Crippen LogP contribution is -2.54. The summed E-state index contributed by atoms with van der Waals surface area (Å²) >= 11 is 12.6. The first kappa shape index (κ1) is 34.3. The third-order valence-electron chi connectivity index (χ3n) is 8.26. The van der Waals surface area contributed by atoms with Gasteiger partial charge in [0.1, 0.15) is 18.3 Å². The van der Waals surface area contributed by atoms with Crippen LogP contribution in [0.15, 0.2) is 108 Å². The van der Waals surface area contributed by atoms with Crippen molar-refractivity contribution in [3.63, 3.8) is 0 Å². The number of halogens is 2. The Bertz CT molecular complexity index is 1790. The molecule has 1 aliphatic rings. The zero-order valence-electron chi connectivity index (χ0n) is 26.0. The number of amides is 2. The van der Waals surface area contributed by atoms with Gasteiger partial charge in [-0.1, -0.05) is 96.7 Å². The highest BCUT2D eigenvalue weighted by molar-refractivity contribution is 7.92. The lowest BCUT2D eigenvalue weighted by atomic mass is 10.0. The highest BCUT2D eigenvalue weighted by Crippen LogP contribution is 2.29. The molecule has 0 unspecified atom stereocenters. The minimum Gasteiger partial charge on any atom is -0.497 e. The molecule has 0 aliphatic heterocycles. The number of nitrogens with one attached hydrogen (secondary N) is 1. The third kappa shape index (κ3) is 8.66. The van der Waals surface area contributed by atoms with E-state index in [0.29, 0.717) is 21.4 Å². The van der Waals surface area contributed by atoms with E-state index < -0.39 is 28.5 Å². The number of nitrogens with zero attached hydrogens (tertiary/aromatic N) is 2. The number of hydrogen-bond donors (Lipinski definition) is 1. The van der Waals surface area contributed by atoms with Gasteiger partial charge in [0.15, 0.2) is 0 Å². The molecule has 246 valence electrons. The van der Waals surface area contributed by atoms with Crippen molar-refractivity contribution in [3.8, 4) is 5.75 Å². The van der Waals surface area contributed by atoms with E-state index in [1.807, 2.05) is 30.3 Å². The average Bonchev–Trinajstić information content (AvgIpc) is 3.60. The maximum atomic E-state index is 14.6. The van der Waals surface area contributed by atoms with E-state index in [4.69, 9.17) is 27.9 Å². The van der Waals surface area contributed by atoms with Gasteiger partial charge in [0.25, 0.3) is 10.0 Å². The van der Waals surface area contributed by atoms with Crippen LogP contribution in [0.4, 0.5) is 5.69 Å². The molecule has 47 heavy (non-hydrogen) atoms. The Morgan fingerprint density at radius 2 is 1.53 bits per heavy atom. The molecule has 0 spiro atoms. The van der Waals surface area contributed by atoms with Gasteiger partial charge < -0.3 is 15.0 Å². The van der Waals surface area contributed by atoms with E-state index in [1.54, 1.807) is 60.7 Å². The van der Waals surface area contributed by atoms with Crippen LogP contribution in [0.3, 0.4) is 0 Å². The molecule has 1 N–H and O–H groups in total. The third-order valence-corrected chi connectivity index (χ3v) is 10.8. The zero-order chi connectivity index (χ0) is 33.4. The monoisotopic (exact) mass is 693 g/mol. The topological polar surface area (TPSA) is 96.0 Å². The largest absolute Gasteiger partial charge is 0.497 e. The molecule has 1 saturated carbocycles. The van der Waals surface area contributed by atoms with Crippen molar-refractivity contribution >= 4 is 50.7 Å². The van der Waals surface area contributed by atoms with Crippen LogP contribution in [0.25, 0.3) is 0 Å². The molecular weight excluding hydrogens is 657 g/mol. The van der Waals surface area contributed by atoms with E-state index >= 15 is 0 Å². The quantitative estimate of drug-likeness (QED) is 0.164. The summed E-state index contributed by atoms with van der Waals surface area (Å²) < 4.78 is 34.8. The first-order valence-corrected chi connectivity index (χ1v) is 17.6. The normalized spacial score (nSPS) is 13.9. The summed E-state index contributed by atoms with van der Waals surface area (Å²) in [6.07, 6.45) is 3.99. The first-order valence-electron chi connectivity index (χ1n) is 15.5. The number of hydrogen-bond acceptors (Lipinski definition) is 5. The Balaban J connectivity index is 1.58. The number of carbonyl (C=O) groups is 2. The molecule has 0 saturated heterocycles. The van der Waals surface area contributed by atoms with Crippen molar-refractivity contribution < 1.29 is 22.7 Å². The summed E-state index contributed by atoms with van der Waals surface area (Å²) in [6, 6.07) is 28.0. The number of methoxy groups -OCH3 is 1. The average molecular weight is 695 g/mol. The maximum Gasteiger partial charge on any atom is 0.264 e. The van der Waals surface area contributed by atoms with Crippen molar-refractivity contribution in [2.45, 2.75) is 55.6 Å².